The molecule has 0 aliphatic carbocycles. The highest BCUT2D eigenvalue weighted by molar-refractivity contribution is 6.59. The number of carbonyl (C=O) groups is 1. The fraction of sp³-hybridized carbons (Fsp3) is 0.538. The van der Waals surface area contributed by atoms with Crippen molar-refractivity contribution in [1.29, 1.82) is 0 Å². The van der Waals surface area contributed by atoms with Crippen LogP contribution in [0.25, 0.3) is 0 Å². The van der Waals surface area contributed by atoms with Crippen molar-refractivity contribution in [1.82, 2.24) is 4.98 Å². The Labute approximate surface area is 118 Å². The normalized spacial score (nSPS) is 12.2. The lowest BCUT2D eigenvalue weighted by Gasteiger charge is -2.38. The van der Waals surface area contributed by atoms with Gasteiger partial charge in [0, 0.05) is 0 Å². The Morgan fingerprint density at radius 2 is 1.90 bits per heavy atom. The SMILES string of the molecule is COC(=O)c1cccc(B(O)OC(C)(C)C(C)(C)O)n1. The van der Waals surface area contributed by atoms with Crippen LogP contribution in [0.2, 0.25) is 0 Å². The molecule has 0 bridgehead atoms. The minimum Gasteiger partial charge on any atom is -0.464 e. The lowest BCUT2D eigenvalue weighted by Crippen LogP contribution is -2.53. The van der Waals surface area contributed by atoms with Gasteiger partial charge in [-0.1, -0.05) is 6.07 Å². The van der Waals surface area contributed by atoms with Crippen LogP contribution in [0, 0.1) is 0 Å². The fourth-order valence-electron chi connectivity index (χ4n) is 1.29. The number of methoxy groups -OCH3 is 1. The Morgan fingerprint density at radius 3 is 2.40 bits per heavy atom. The van der Waals surface area contributed by atoms with Crippen LogP contribution in [0.4, 0.5) is 0 Å². The zero-order chi connectivity index (χ0) is 15.6. The number of hydrogen-bond donors (Lipinski definition) is 2. The van der Waals surface area contributed by atoms with Crippen molar-refractivity contribution < 1.29 is 24.3 Å². The van der Waals surface area contributed by atoms with E-state index in [9.17, 15) is 14.9 Å². The van der Waals surface area contributed by atoms with E-state index in [4.69, 9.17) is 4.65 Å². The molecule has 1 aromatic heterocycles. The zero-order valence-corrected chi connectivity index (χ0v) is 12.4. The highest BCUT2D eigenvalue weighted by atomic mass is 16.5. The average molecular weight is 281 g/mol. The second-order valence-corrected chi connectivity index (χ2v) is 5.48. The number of aliphatic hydroxyl groups is 1. The van der Waals surface area contributed by atoms with Gasteiger partial charge in [0.25, 0.3) is 0 Å². The minimum atomic E-state index is -1.36. The molecule has 0 atom stereocenters. The Morgan fingerprint density at radius 1 is 1.30 bits per heavy atom. The molecule has 1 aromatic rings. The van der Waals surface area contributed by atoms with Gasteiger partial charge in [0.15, 0.2) is 0 Å². The summed E-state index contributed by atoms with van der Waals surface area (Å²) in [5, 5.41) is 20.0. The molecule has 2 N–H and O–H groups in total. The third-order valence-corrected chi connectivity index (χ3v) is 3.30. The molecule has 1 rings (SSSR count). The first-order valence-corrected chi connectivity index (χ1v) is 6.22. The highest BCUT2D eigenvalue weighted by Crippen LogP contribution is 2.25. The van der Waals surface area contributed by atoms with Crippen molar-refractivity contribution in [3.05, 3.63) is 23.9 Å². The third kappa shape index (κ3) is 3.78. The number of esters is 1. The Balaban J connectivity index is 2.93. The summed E-state index contributed by atoms with van der Waals surface area (Å²) in [6.07, 6.45) is 0. The van der Waals surface area contributed by atoms with Crippen molar-refractivity contribution in [2.75, 3.05) is 7.11 Å². The molecule has 0 aliphatic heterocycles. The molecule has 0 aromatic carbocycles. The monoisotopic (exact) mass is 281 g/mol. The molecule has 0 spiro atoms. The Bertz CT molecular complexity index is 484. The maximum absolute atomic E-state index is 11.4. The zero-order valence-electron chi connectivity index (χ0n) is 12.4. The van der Waals surface area contributed by atoms with Gasteiger partial charge in [-0.3, -0.25) is 0 Å². The number of pyridine rings is 1. The van der Waals surface area contributed by atoms with Crippen LogP contribution in [-0.2, 0) is 9.39 Å². The van der Waals surface area contributed by atoms with Crippen LogP contribution >= 0.6 is 0 Å². The molecule has 1 heterocycles. The summed E-state index contributed by atoms with van der Waals surface area (Å²) >= 11 is 0. The van der Waals surface area contributed by atoms with Crippen molar-refractivity contribution in [2.24, 2.45) is 0 Å². The molecule has 0 unspecified atom stereocenters. The van der Waals surface area contributed by atoms with Crippen molar-refractivity contribution >= 4 is 18.7 Å². The van der Waals surface area contributed by atoms with E-state index in [1.807, 2.05) is 0 Å². The maximum Gasteiger partial charge on any atom is 0.511 e. The average Bonchev–Trinajstić information content (AvgIpc) is 2.36. The lowest BCUT2D eigenvalue weighted by molar-refractivity contribution is -0.0983. The van der Waals surface area contributed by atoms with Gasteiger partial charge >= 0.3 is 13.1 Å². The van der Waals surface area contributed by atoms with Crippen molar-refractivity contribution in [3.8, 4) is 0 Å². The molecule has 0 radical (unpaired) electrons. The van der Waals surface area contributed by atoms with Gasteiger partial charge in [0.1, 0.15) is 5.69 Å². The summed E-state index contributed by atoms with van der Waals surface area (Å²) in [6, 6.07) is 4.57. The third-order valence-electron chi connectivity index (χ3n) is 3.30. The van der Waals surface area contributed by atoms with Crippen LogP contribution in [0.1, 0.15) is 38.2 Å². The van der Waals surface area contributed by atoms with Crippen LogP contribution < -0.4 is 5.59 Å². The second kappa shape index (κ2) is 5.91. The number of ether oxygens (including phenoxy) is 1. The number of hydrogen-bond acceptors (Lipinski definition) is 6. The molecule has 0 amide bonds. The van der Waals surface area contributed by atoms with Crippen LogP contribution in [0.15, 0.2) is 18.2 Å². The van der Waals surface area contributed by atoms with Crippen LogP contribution in [0.3, 0.4) is 0 Å². The van der Waals surface area contributed by atoms with Crippen LogP contribution in [-0.4, -0.2) is 46.5 Å². The number of nitrogens with zero attached hydrogens (tertiary/aromatic N) is 1. The number of rotatable bonds is 5. The van der Waals surface area contributed by atoms with Gasteiger partial charge in [0.2, 0.25) is 0 Å². The number of carbonyl (C=O) groups excluding carboxylic acids is 1. The fourth-order valence-corrected chi connectivity index (χ4v) is 1.29. The van der Waals surface area contributed by atoms with E-state index in [0.717, 1.165) is 0 Å². The Kier molecular flexibility index (Phi) is 4.91. The topological polar surface area (TPSA) is 88.9 Å². The van der Waals surface area contributed by atoms with E-state index in [2.05, 4.69) is 9.72 Å². The molecule has 6 nitrogen and oxygen atoms in total. The van der Waals surface area contributed by atoms with E-state index in [1.54, 1.807) is 33.8 Å². The predicted octanol–water partition coefficient (Wildman–Crippen LogP) is 0.122. The summed E-state index contributed by atoms with van der Waals surface area (Å²) in [5.41, 5.74) is -1.91. The molecule has 110 valence electrons. The minimum absolute atomic E-state index is 0.0775. The Hall–Kier alpha value is -1.44. The summed E-state index contributed by atoms with van der Waals surface area (Å²) in [7, 11) is -0.109. The van der Waals surface area contributed by atoms with Gasteiger partial charge in [-0.15, -0.1) is 0 Å². The van der Waals surface area contributed by atoms with Gasteiger partial charge in [0.05, 0.1) is 23.9 Å². The van der Waals surface area contributed by atoms with E-state index >= 15 is 0 Å². The maximum atomic E-state index is 11.4. The van der Waals surface area contributed by atoms with E-state index in [-0.39, 0.29) is 11.3 Å². The summed E-state index contributed by atoms with van der Waals surface area (Å²) in [4.78, 5) is 15.4. The lowest BCUT2D eigenvalue weighted by atomic mass is 9.80. The second-order valence-electron chi connectivity index (χ2n) is 5.48. The molecular formula is C13H20BNO5. The first kappa shape index (κ1) is 16.6. The first-order chi connectivity index (χ1) is 9.08. The summed E-state index contributed by atoms with van der Waals surface area (Å²) in [5.74, 6) is -0.596. The molecule has 0 aliphatic rings. The summed E-state index contributed by atoms with van der Waals surface area (Å²) in [6.45, 7) is 6.47. The molecule has 0 saturated carbocycles. The summed E-state index contributed by atoms with van der Waals surface area (Å²) < 4.78 is 10.0. The van der Waals surface area contributed by atoms with Gasteiger partial charge < -0.3 is 19.5 Å². The standard InChI is InChI=1S/C13H20BNO5/c1-12(2,17)13(3,4)20-14(18)10-8-6-7-9(15-10)11(16)19-5/h6-8,17-18H,1-5H3. The van der Waals surface area contributed by atoms with Gasteiger partial charge in [-0.25, -0.2) is 9.78 Å². The largest absolute Gasteiger partial charge is 0.511 e. The molecule has 7 heteroatoms. The van der Waals surface area contributed by atoms with Crippen molar-refractivity contribution in [2.45, 2.75) is 38.9 Å². The molecular weight excluding hydrogens is 261 g/mol. The van der Waals surface area contributed by atoms with E-state index in [1.165, 1.54) is 19.2 Å². The van der Waals surface area contributed by atoms with Gasteiger partial charge in [-0.2, -0.15) is 0 Å². The molecule has 0 fully saturated rings. The van der Waals surface area contributed by atoms with E-state index in [0.29, 0.717) is 0 Å². The number of aromatic nitrogens is 1. The molecule has 20 heavy (non-hydrogen) atoms. The van der Waals surface area contributed by atoms with Gasteiger partial charge in [-0.05, 0) is 39.8 Å². The highest BCUT2D eigenvalue weighted by Gasteiger charge is 2.40. The quantitative estimate of drug-likeness (QED) is 0.588. The first-order valence-electron chi connectivity index (χ1n) is 6.22. The van der Waals surface area contributed by atoms with Crippen molar-refractivity contribution in [3.63, 3.8) is 0 Å². The predicted molar refractivity (Wildman–Crippen MR) is 74.6 cm³/mol. The smallest absolute Gasteiger partial charge is 0.464 e. The van der Waals surface area contributed by atoms with Crippen LogP contribution in [0.5, 0.6) is 0 Å². The molecule has 0 saturated heterocycles. The van der Waals surface area contributed by atoms with E-state index < -0.39 is 24.3 Å².